The quantitative estimate of drug-likeness (QED) is 0.551. The van der Waals surface area contributed by atoms with Crippen LogP contribution < -0.4 is 15.8 Å². The number of hydrogen-bond donors (Lipinski definition) is 2. The summed E-state index contributed by atoms with van der Waals surface area (Å²) in [6.07, 6.45) is 1.74. The number of nitrogens with zero attached hydrogens (tertiary/aromatic N) is 2. The van der Waals surface area contributed by atoms with Crippen molar-refractivity contribution in [2.75, 3.05) is 37.9 Å². The maximum Gasteiger partial charge on any atom is 0.242 e. The molecule has 0 radical (unpaired) electrons. The molecule has 0 aromatic carbocycles. The van der Waals surface area contributed by atoms with Gasteiger partial charge in [-0.3, -0.25) is 0 Å². The SMILES string of the molecule is C=CCNc1nc(C(C)C)nc(OCCOC)c1N. The highest BCUT2D eigenvalue weighted by atomic mass is 16.5. The normalized spacial score (nSPS) is 10.5. The van der Waals surface area contributed by atoms with E-state index in [-0.39, 0.29) is 5.92 Å². The Hall–Kier alpha value is -1.82. The lowest BCUT2D eigenvalue weighted by atomic mass is 10.2. The fourth-order valence-corrected chi connectivity index (χ4v) is 1.36. The Labute approximate surface area is 114 Å². The number of aromatic nitrogens is 2. The Bertz CT molecular complexity index is 421. The minimum Gasteiger partial charge on any atom is -0.474 e. The van der Waals surface area contributed by atoms with Crippen molar-refractivity contribution in [3.63, 3.8) is 0 Å². The molecule has 0 aliphatic heterocycles. The summed E-state index contributed by atoms with van der Waals surface area (Å²) in [5.41, 5.74) is 6.39. The van der Waals surface area contributed by atoms with E-state index in [0.29, 0.717) is 43.0 Å². The lowest BCUT2D eigenvalue weighted by Gasteiger charge is -2.14. The molecule has 1 aromatic heterocycles. The Balaban J connectivity index is 2.98. The van der Waals surface area contributed by atoms with Gasteiger partial charge in [0, 0.05) is 19.6 Å². The van der Waals surface area contributed by atoms with Crippen LogP contribution in [-0.4, -0.2) is 36.8 Å². The van der Waals surface area contributed by atoms with E-state index in [1.165, 1.54) is 0 Å². The average molecular weight is 266 g/mol. The van der Waals surface area contributed by atoms with Gasteiger partial charge in [0.05, 0.1) is 6.61 Å². The van der Waals surface area contributed by atoms with Crippen molar-refractivity contribution in [3.05, 3.63) is 18.5 Å². The van der Waals surface area contributed by atoms with Crippen LogP contribution in [0.3, 0.4) is 0 Å². The number of nitrogens with two attached hydrogens (primary N) is 1. The second-order valence-electron chi connectivity index (χ2n) is 4.31. The van der Waals surface area contributed by atoms with E-state index in [1.807, 2.05) is 13.8 Å². The molecule has 0 fully saturated rings. The molecule has 0 saturated carbocycles. The van der Waals surface area contributed by atoms with Crippen molar-refractivity contribution in [2.24, 2.45) is 0 Å². The summed E-state index contributed by atoms with van der Waals surface area (Å²) in [5.74, 6) is 1.84. The second kappa shape index (κ2) is 7.58. The smallest absolute Gasteiger partial charge is 0.242 e. The molecule has 0 bridgehead atoms. The predicted octanol–water partition coefficient (Wildman–Crippen LogP) is 1.81. The molecule has 3 N–H and O–H groups in total. The molecule has 0 unspecified atom stereocenters. The van der Waals surface area contributed by atoms with Crippen LogP contribution in [0.1, 0.15) is 25.6 Å². The topological polar surface area (TPSA) is 82.3 Å². The van der Waals surface area contributed by atoms with Crippen LogP contribution in [0.4, 0.5) is 11.5 Å². The van der Waals surface area contributed by atoms with E-state index >= 15 is 0 Å². The van der Waals surface area contributed by atoms with E-state index in [9.17, 15) is 0 Å². The summed E-state index contributed by atoms with van der Waals surface area (Å²) in [6, 6.07) is 0. The van der Waals surface area contributed by atoms with Crippen LogP contribution >= 0.6 is 0 Å². The summed E-state index contributed by atoms with van der Waals surface area (Å²) in [6.45, 7) is 9.14. The van der Waals surface area contributed by atoms with Gasteiger partial charge in [-0.15, -0.1) is 6.58 Å². The number of nitrogens with one attached hydrogen (secondary N) is 1. The van der Waals surface area contributed by atoms with Gasteiger partial charge in [-0.25, -0.2) is 4.98 Å². The first kappa shape index (κ1) is 15.2. The van der Waals surface area contributed by atoms with Crippen LogP contribution in [-0.2, 0) is 4.74 Å². The third kappa shape index (κ3) is 4.40. The zero-order valence-electron chi connectivity index (χ0n) is 11.8. The molecule has 0 spiro atoms. The fourth-order valence-electron chi connectivity index (χ4n) is 1.36. The van der Waals surface area contributed by atoms with Crippen molar-refractivity contribution in [2.45, 2.75) is 19.8 Å². The number of anilines is 2. The maximum absolute atomic E-state index is 5.99. The van der Waals surface area contributed by atoms with E-state index in [2.05, 4.69) is 21.9 Å². The van der Waals surface area contributed by atoms with Gasteiger partial charge < -0.3 is 20.5 Å². The lowest BCUT2D eigenvalue weighted by Crippen LogP contribution is -2.13. The first-order valence-electron chi connectivity index (χ1n) is 6.24. The Morgan fingerprint density at radius 2 is 2.11 bits per heavy atom. The number of hydrogen-bond acceptors (Lipinski definition) is 6. The van der Waals surface area contributed by atoms with E-state index in [4.69, 9.17) is 15.2 Å². The van der Waals surface area contributed by atoms with E-state index in [1.54, 1.807) is 13.2 Å². The second-order valence-corrected chi connectivity index (χ2v) is 4.31. The molecule has 6 heteroatoms. The van der Waals surface area contributed by atoms with Gasteiger partial charge in [0.1, 0.15) is 18.1 Å². The largest absolute Gasteiger partial charge is 0.474 e. The molecule has 1 heterocycles. The zero-order valence-corrected chi connectivity index (χ0v) is 11.8. The zero-order chi connectivity index (χ0) is 14.3. The monoisotopic (exact) mass is 266 g/mol. The average Bonchev–Trinajstić information content (AvgIpc) is 2.39. The van der Waals surface area contributed by atoms with Crippen LogP contribution in [0.25, 0.3) is 0 Å². The molecule has 1 aromatic rings. The highest BCUT2D eigenvalue weighted by Crippen LogP contribution is 2.28. The van der Waals surface area contributed by atoms with Crippen molar-refractivity contribution in [3.8, 4) is 5.88 Å². The van der Waals surface area contributed by atoms with E-state index in [0.717, 1.165) is 0 Å². The summed E-state index contributed by atoms with van der Waals surface area (Å²) in [7, 11) is 1.61. The molecule has 0 aliphatic rings. The molecule has 0 amide bonds. The van der Waals surface area contributed by atoms with Gasteiger partial charge in [-0.05, 0) is 0 Å². The summed E-state index contributed by atoms with van der Waals surface area (Å²) in [5, 5.41) is 3.08. The summed E-state index contributed by atoms with van der Waals surface area (Å²) < 4.78 is 10.5. The Kier molecular flexibility index (Phi) is 6.08. The highest BCUT2D eigenvalue weighted by molar-refractivity contribution is 5.67. The minimum absolute atomic E-state index is 0.189. The summed E-state index contributed by atoms with van der Waals surface area (Å²) >= 11 is 0. The van der Waals surface area contributed by atoms with Gasteiger partial charge in [-0.2, -0.15) is 4.98 Å². The first-order chi connectivity index (χ1) is 9.10. The van der Waals surface area contributed by atoms with Crippen molar-refractivity contribution in [1.29, 1.82) is 0 Å². The maximum atomic E-state index is 5.99. The standard InChI is InChI=1S/C13H22N4O2/c1-5-6-15-12-10(14)13(19-8-7-18-4)17-11(16-12)9(2)3/h5,9H,1,6-8,14H2,2-4H3,(H,15,16,17). The molecule has 0 atom stereocenters. The van der Waals surface area contributed by atoms with Gasteiger partial charge in [0.15, 0.2) is 5.82 Å². The third-order valence-corrected chi connectivity index (χ3v) is 2.38. The molecular weight excluding hydrogens is 244 g/mol. The lowest BCUT2D eigenvalue weighted by molar-refractivity contribution is 0.144. The first-order valence-corrected chi connectivity index (χ1v) is 6.24. The van der Waals surface area contributed by atoms with Crippen molar-refractivity contribution >= 4 is 11.5 Å². The van der Waals surface area contributed by atoms with Crippen molar-refractivity contribution < 1.29 is 9.47 Å². The number of nitrogen functional groups attached to an aromatic ring is 1. The molecule has 19 heavy (non-hydrogen) atoms. The summed E-state index contributed by atoms with van der Waals surface area (Å²) in [4.78, 5) is 8.72. The third-order valence-electron chi connectivity index (χ3n) is 2.38. The highest BCUT2D eigenvalue weighted by Gasteiger charge is 2.14. The van der Waals surface area contributed by atoms with Crippen LogP contribution in [0.15, 0.2) is 12.7 Å². The number of ether oxygens (including phenoxy) is 2. The van der Waals surface area contributed by atoms with Crippen molar-refractivity contribution in [1.82, 2.24) is 9.97 Å². The predicted molar refractivity (Wildman–Crippen MR) is 76.6 cm³/mol. The number of rotatable bonds is 8. The van der Waals surface area contributed by atoms with E-state index < -0.39 is 0 Å². The van der Waals surface area contributed by atoms with Crippen LogP contribution in [0.5, 0.6) is 5.88 Å². The molecule has 6 nitrogen and oxygen atoms in total. The fraction of sp³-hybridized carbons (Fsp3) is 0.538. The molecule has 0 aliphatic carbocycles. The van der Waals surface area contributed by atoms with Crippen LogP contribution in [0.2, 0.25) is 0 Å². The van der Waals surface area contributed by atoms with Gasteiger partial charge in [0.25, 0.3) is 0 Å². The van der Waals surface area contributed by atoms with Gasteiger partial charge >= 0.3 is 0 Å². The molecular formula is C13H22N4O2. The number of methoxy groups -OCH3 is 1. The molecule has 1 rings (SSSR count). The molecule has 0 saturated heterocycles. The minimum atomic E-state index is 0.189. The molecule has 106 valence electrons. The van der Waals surface area contributed by atoms with Gasteiger partial charge in [0.2, 0.25) is 5.88 Å². The Morgan fingerprint density at radius 3 is 2.68 bits per heavy atom. The van der Waals surface area contributed by atoms with Gasteiger partial charge in [-0.1, -0.05) is 19.9 Å². The van der Waals surface area contributed by atoms with Crippen LogP contribution in [0, 0.1) is 0 Å². The Morgan fingerprint density at radius 1 is 1.37 bits per heavy atom.